The first-order chi connectivity index (χ1) is 9.61. The molecular formula is C16H14BrFO2. The normalized spacial score (nSPS) is 10.3. The van der Waals surface area contributed by atoms with Crippen LogP contribution in [0.2, 0.25) is 0 Å². The number of halogens is 2. The van der Waals surface area contributed by atoms with Crippen molar-refractivity contribution in [3.05, 3.63) is 63.9 Å². The van der Waals surface area contributed by atoms with E-state index in [4.69, 9.17) is 4.74 Å². The van der Waals surface area contributed by atoms with Crippen LogP contribution in [0.1, 0.15) is 22.3 Å². The molecule has 0 aliphatic carbocycles. The zero-order chi connectivity index (χ0) is 14.5. The van der Waals surface area contributed by atoms with Gasteiger partial charge >= 0.3 is 0 Å². The predicted octanol–water partition coefficient (Wildman–Crippen LogP) is 4.41. The first kappa shape index (κ1) is 14.7. The largest absolute Gasteiger partial charge is 0.497 e. The van der Waals surface area contributed by atoms with Crippen molar-refractivity contribution >= 4 is 21.7 Å². The third-order valence-corrected chi connectivity index (χ3v) is 3.70. The first-order valence-electron chi connectivity index (χ1n) is 6.22. The minimum atomic E-state index is -0.487. The summed E-state index contributed by atoms with van der Waals surface area (Å²) in [6, 6.07) is 12.0. The van der Waals surface area contributed by atoms with E-state index in [2.05, 4.69) is 15.9 Å². The summed E-state index contributed by atoms with van der Waals surface area (Å²) in [4.78, 5) is 12.1. The van der Waals surface area contributed by atoms with Crippen LogP contribution in [0, 0.1) is 5.82 Å². The maximum absolute atomic E-state index is 13.7. The van der Waals surface area contributed by atoms with E-state index in [0.717, 1.165) is 11.3 Å². The fraction of sp³-hybridized carbons (Fsp3) is 0.188. The lowest BCUT2D eigenvalue weighted by Gasteiger charge is -2.06. The number of benzene rings is 2. The molecule has 20 heavy (non-hydrogen) atoms. The van der Waals surface area contributed by atoms with Crippen LogP contribution in [0.5, 0.6) is 5.75 Å². The Balaban J connectivity index is 2.05. The molecule has 0 saturated carbocycles. The van der Waals surface area contributed by atoms with Gasteiger partial charge in [0.05, 0.1) is 12.7 Å². The van der Waals surface area contributed by atoms with E-state index in [9.17, 15) is 9.18 Å². The average molecular weight is 337 g/mol. The number of rotatable bonds is 5. The average Bonchev–Trinajstić information content (AvgIpc) is 2.45. The Labute approximate surface area is 125 Å². The number of carbonyl (C=O) groups excluding carboxylic acids is 1. The minimum Gasteiger partial charge on any atom is -0.497 e. The molecule has 0 N–H and O–H groups in total. The van der Waals surface area contributed by atoms with Crippen molar-refractivity contribution in [3.8, 4) is 5.75 Å². The molecule has 2 nitrogen and oxygen atoms in total. The Morgan fingerprint density at radius 2 is 1.90 bits per heavy atom. The summed E-state index contributed by atoms with van der Waals surface area (Å²) in [6.45, 7) is 0. The van der Waals surface area contributed by atoms with Crippen molar-refractivity contribution in [3.63, 3.8) is 0 Å². The lowest BCUT2D eigenvalue weighted by atomic mass is 10.0. The number of ketones is 1. The molecule has 2 aromatic carbocycles. The molecule has 0 spiro atoms. The summed E-state index contributed by atoms with van der Waals surface area (Å²) in [5, 5.41) is 0. The molecule has 104 valence electrons. The quantitative estimate of drug-likeness (QED) is 0.756. The van der Waals surface area contributed by atoms with Gasteiger partial charge in [-0.2, -0.15) is 0 Å². The van der Waals surface area contributed by atoms with Gasteiger partial charge in [0.1, 0.15) is 11.6 Å². The van der Waals surface area contributed by atoms with E-state index in [-0.39, 0.29) is 17.8 Å². The summed E-state index contributed by atoms with van der Waals surface area (Å²) < 4.78 is 19.2. The lowest BCUT2D eigenvalue weighted by molar-refractivity contribution is 0.0978. The van der Waals surface area contributed by atoms with Gasteiger partial charge in [-0.1, -0.05) is 18.2 Å². The molecule has 0 aliphatic rings. The highest BCUT2D eigenvalue weighted by Crippen LogP contribution is 2.22. The molecule has 0 bridgehead atoms. The zero-order valence-electron chi connectivity index (χ0n) is 11.0. The van der Waals surface area contributed by atoms with Gasteiger partial charge in [-0.25, -0.2) is 4.39 Å². The third kappa shape index (κ3) is 3.45. The Kier molecular flexibility index (Phi) is 4.90. The van der Waals surface area contributed by atoms with Crippen LogP contribution in [0.4, 0.5) is 4.39 Å². The van der Waals surface area contributed by atoms with Gasteiger partial charge in [0.15, 0.2) is 5.78 Å². The highest BCUT2D eigenvalue weighted by Gasteiger charge is 2.15. The van der Waals surface area contributed by atoms with Crippen LogP contribution in [-0.2, 0) is 6.42 Å². The Morgan fingerprint density at radius 3 is 2.50 bits per heavy atom. The molecule has 0 amide bonds. The van der Waals surface area contributed by atoms with E-state index in [1.807, 2.05) is 24.3 Å². The van der Waals surface area contributed by atoms with E-state index in [1.165, 1.54) is 6.07 Å². The van der Waals surface area contributed by atoms with Crippen molar-refractivity contribution in [2.45, 2.75) is 12.8 Å². The fourth-order valence-corrected chi connectivity index (χ4v) is 2.50. The molecule has 2 aromatic rings. The second-order valence-corrected chi connectivity index (χ2v) is 5.22. The van der Waals surface area contributed by atoms with Gasteiger partial charge in [-0.15, -0.1) is 0 Å². The molecular weight excluding hydrogens is 323 g/mol. The van der Waals surface area contributed by atoms with Gasteiger partial charge in [0.25, 0.3) is 0 Å². The molecule has 0 aromatic heterocycles. The topological polar surface area (TPSA) is 26.3 Å². The first-order valence-corrected chi connectivity index (χ1v) is 7.01. The molecule has 0 heterocycles. The smallest absolute Gasteiger partial charge is 0.167 e. The van der Waals surface area contributed by atoms with E-state index < -0.39 is 5.82 Å². The third-order valence-electron chi connectivity index (χ3n) is 3.04. The molecule has 0 fully saturated rings. The minimum absolute atomic E-state index is 0.126. The van der Waals surface area contributed by atoms with Crippen molar-refractivity contribution in [1.82, 2.24) is 0 Å². The van der Waals surface area contributed by atoms with Gasteiger partial charge < -0.3 is 4.74 Å². The number of methoxy groups -OCH3 is 1. The van der Waals surface area contributed by atoms with Crippen LogP contribution in [0.3, 0.4) is 0 Å². The molecule has 0 atom stereocenters. The molecule has 2 rings (SSSR count). The molecule has 0 aliphatic heterocycles. The van der Waals surface area contributed by atoms with E-state index >= 15 is 0 Å². The van der Waals surface area contributed by atoms with E-state index in [0.29, 0.717) is 10.9 Å². The number of hydrogen-bond acceptors (Lipinski definition) is 2. The zero-order valence-corrected chi connectivity index (χ0v) is 12.6. The summed E-state index contributed by atoms with van der Waals surface area (Å²) in [5.41, 5.74) is 1.15. The van der Waals surface area contributed by atoms with Crippen molar-refractivity contribution in [2.75, 3.05) is 7.11 Å². The van der Waals surface area contributed by atoms with Crippen molar-refractivity contribution < 1.29 is 13.9 Å². The van der Waals surface area contributed by atoms with Crippen LogP contribution in [0.25, 0.3) is 0 Å². The maximum Gasteiger partial charge on any atom is 0.167 e. The lowest BCUT2D eigenvalue weighted by Crippen LogP contribution is -2.05. The second kappa shape index (κ2) is 6.66. The van der Waals surface area contributed by atoms with Crippen molar-refractivity contribution in [1.29, 1.82) is 0 Å². The highest BCUT2D eigenvalue weighted by molar-refractivity contribution is 9.10. The molecule has 0 saturated heterocycles. The van der Waals surface area contributed by atoms with Gasteiger partial charge in [0.2, 0.25) is 0 Å². The van der Waals surface area contributed by atoms with Crippen LogP contribution < -0.4 is 4.74 Å². The van der Waals surface area contributed by atoms with Crippen LogP contribution in [0.15, 0.2) is 46.9 Å². The molecule has 0 radical (unpaired) electrons. The Hall–Kier alpha value is -1.68. The van der Waals surface area contributed by atoms with Gasteiger partial charge in [-0.3, -0.25) is 4.79 Å². The number of Topliss-reactive ketones (excluding diaryl/α,β-unsaturated/α-hetero) is 1. The second-order valence-electron chi connectivity index (χ2n) is 4.37. The highest BCUT2D eigenvalue weighted by atomic mass is 79.9. The predicted molar refractivity (Wildman–Crippen MR) is 79.7 cm³/mol. The van der Waals surface area contributed by atoms with E-state index in [1.54, 1.807) is 19.2 Å². The summed E-state index contributed by atoms with van der Waals surface area (Å²) >= 11 is 3.22. The van der Waals surface area contributed by atoms with Crippen molar-refractivity contribution in [2.24, 2.45) is 0 Å². The number of hydrogen-bond donors (Lipinski definition) is 0. The standard InChI is InChI=1S/C16H14BrFO2/c1-20-12-8-5-11(6-9-12)7-10-15(19)16-13(17)3-2-4-14(16)18/h2-6,8-9H,7,10H2,1H3. The summed E-state index contributed by atoms with van der Waals surface area (Å²) in [6.07, 6.45) is 0.843. The molecule has 0 unspecified atom stereocenters. The van der Waals surface area contributed by atoms with Crippen LogP contribution >= 0.6 is 15.9 Å². The summed E-state index contributed by atoms with van der Waals surface area (Å²) in [7, 11) is 1.61. The van der Waals surface area contributed by atoms with Gasteiger partial charge in [-0.05, 0) is 52.2 Å². The number of ether oxygens (including phenoxy) is 1. The number of aryl methyl sites for hydroxylation is 1. The SMILES string of the molecule is COc1ccc(CCC(=O)c2c(F)cccc2Br)cc1. The van der Waals surface area contributed by atoms with Crippen LogP contribution in [-0.4, -0.2) is 12.9 Å². The number of carbonyl (C=O) groups is 1. The fourth-order valence-electron chi connectivity index (χ4n) is 1.94. The van der Waals surface area contributed by atoms with Gasteiger partial charge in [0, 0.05) is 10.9 Å². The monoisotopic (exact) mass is 336 g/mol. The Morgan fingerprint density at radius 1 is 1.20 bits per heavy atom. The Bertz CT molecular complexity index is 588. The summed E-state index contributed by atoms with van der Waals surface area (Å²) in [5.74, 6) is 0.0850. The molecule has 4 heteroatoms. The maximum atomic E-state index is 13.7.